The van der Waals surface area contributed by atoms with Crippen molar-refractivity contribution in [2.45, 2.75) is 32.7 Å². The lowest BCUT2D eigenvalue weighted by atomic mass is 9.97. The van der Waals surface area contributed by atoms with Crippen molar-refractivity contribution >= 4 is 0 Å². The van der Waals surface area contributed by atoms with Crippen LogP contribution >= 0.6 is 0 Å². The Kier molecular flexibility index (Phi) is 4.90. The monoisotopic (exact) mass is 279 g/mol. The minimum absolute atomic E-state index is 0.111. The van der Waals surface area contributed by atoms with Gasteiger partial charge in [-0.2, -0.15) is 0 Å². The largest absolute Gasteiger partial charge is 0.472 e. The first kappa shape index (κ1) is 14.7. The van der Waals surface area contributed by atoms with Crippen LogP contribution in [0.15, 0.2) is 35.1 Å². The molecular formula is C16H19F2NO. The fraction of sp³-hybridized carbons (Fsp3) is 0.375. The molecular weight excluding hydrogens is 260 g/mol. The maximum Gasteiger partial charge on any atom is 0.133 e. The summed E-state index contributed by atoms with van der Waals surface area (Å²) in [6, 6.07) is 4.20. The Bertz CT molecular complexity index is 552. The van der Waals surface area contributed by atoms with Crippen molar-refractivity contribution < 1.29 is 13.2 Å². The fourth-order valence-corrected chi connectivity index (χ4v) is 2.24. The zero-order valence-corrected chi connectivity index (χ0v) is 11.7. The van der Waals surface area contributed by atoms with E-state index in [0.29, 0.717) is 18.5 Å². The lowest BCUT2D eigenvalue weighted by Gasteiger charge is -2.20. The highest BCUT2D eigenvalue weighted by Gasteiger charge is 2.21. The number of benzene rings is 1. The van der Waals surface area contributed by atoms with Crippen molar-refractivity contribution in [3.63, 3.8) is 0 Å². The molecule has 2 nitrogen and oxygen atoms in total. The Morgan fingerprint density at radius 1 is 1.25 bits per heavy atom. The van der Waals surface area contributed by atoms with Crippen LogP contribution in [0.3, 0.4) is 0 Å². The highest BCUT2D eigenvalue weighted by Crippen LogP contribution is 2.26. The molecule has 0 saturated carbocycles. The van der Waals surface area contributed by atoms with E-state index in [1.807, 2.05) is 13.0 Å². The molecule has 1 aromatic heterocycles. The van der Waals surface area contributed by atoms with E-state index in [1.165, 1.54) is 12.1 Å². The van der Waals surface area contributed by atoms with Gasteiger partial charge < -0.3 is 9.73 Å². The normalized spacial score (nSPS) is 12.6. The highest BCUT2D eigenvalue weighted by atomic mass is 19.1. The van der Waals surface area contributed by atoms with Gasteiger partial charge in [0.25, 0.3) is 0 Å². The fourth-order valence-electron chi connectivity index (χ4n) is 2.24. The van der Waals surface area contributed by atoms with E-state index in [4.69, 9.17) is 4.42 Å². The van der Waals surface area contributed by atoms with Crippen molar-refractivity contribution in [3.8, 4) is 0 Å². The molecule has 0 amide bonds. The Morgan fingerprint density at radius 3 is 2.70 bits per heavy atom. The molecule has 0 aliphatic carbocycles. The van der Waals surface area contributed by atoms with Crippen molar-refractivity contribution in [1.82, 2.24) is 5.32 Å². The summed E-state index contributed by atoms with van der Waals surface area (Å²) in [4.78, 5) is 0. The Morgan fingerprint density at radius 2 is 2.05 bits per heavy atom. The van der Waals surface area contributed by atoms with E-state index in [0.717, 1.165) is 12.0 Å². The third kappa shape index (κ3) is 3.25. The predicted octanol–water partition coefficient (Wildman–Crippen LogP) is 4.15. The molecule has 0 aliphatic heterocycles. The molecule has 0 saturated heterocycles. The molecule has 1 heterocycles. The number of hydrogen-bond acceptors (Lipinski definition) is 2. The van der Waals surface area contributed by atoms with Crippen molar-refractivity contribution in [2.24, 2.45) is 0 Å². The second-order valence-electron chi connectivity index (χ2n) is 4.93. The molecule has 1 atom stereocenters. The van der Waals surface area contributed by atoms with Crippen LogP contribution < -0.4 is 5.32 Å². The number of aryl methyl sites for hydroxylation is 1. The van der Waals surface area contributed by atoms with Gasteiger partial charge in [0.15, 0.2) is 0 Å². The molecule has 2 rings (SSSR count). The lowest BCUT2D eigenvalue weighted by Crippen LogP contribution is -2.26. The average molecular weight is 279 g/mol. The topological polar surface area (TPSA) is 25.2 Å². The summed E-state index contributed by atoms with van der Waals surface area (Å²) < 4.78 is 33.3. The predicted molar refractivity (Wildman–Crippen MR) is 74.5 cm³/mol. The first-order chi connectivity index (χ1) is 9.63. The lowest BCUT2D eigenvalue weighted by molar-refractivity contribution is 0.460. The molecule has 0 spiro atoms. The molecule has 0 aliphatic rings. The minimum atomic E-state index is -0.509. The van der Waals surface area contributed by atoms with Crippen LogP contribution in [0.5, 0.6) is 0 Å². The smallest absolute Gasteiger partial charge is 0.133 e. The zero-order valence-electron chi connectivity index (χ0n) is 11.7. The van der Waals surface area contributed by atoms with E-state index >= 15 is 0 Å². The Balaban J connectivity index is 2.33. The molecule has 1 N–H and O–H groups in total. The van der Waals surface area contributed by atoms with Crippen molar-refractivity contribution in [3.05, 3.63) is 59.1 Å². The third-order valence-corrected chi connectivity index (χ3v) is 3.33. The first-order valence-electron chi connectivity index (χ1n) is 6.82. The first-order valence-corrected chi connectivity index (χ1v) is 6.82. The summed E-state index contributed by atoms with van der Waals surface area (Å²) in [5.74, 6) is -0.979. The molecule has 0 radical (unpaired) electrons. The molecule has 0 fully saturated rings. The van der Waals surface area contributed by atoms with Gasteiger partial charge in [0, 0.05) is 11.6 Å². The summed E-state index contributed by atoms with van der Waals surface area (Å²) in [7, 11) is 0. The van der Waals surface area contributed by atoms with Crippen LogP contribution in [0.25, 0.3) is 0 Å². The van der Waals surface area contributed by atoms with Gasteiger partial charge in [-0.25, -0.2) is 8.78 Å². The molecule has 0 bridgehead atoms. The number of nitrogens with one attached hydrogen (secondary N) is 1. The summed E-state index contributed by atoms with van der Waals surface area (Å²) in [5, 5.41) is 3.21. The van der Waals surface area contributed by atoms with Crippen LogP contribution in [-0.2, 0) is 6.42 Å². The second-order valence-corrected chi connectivity index (χ2v) is 4.93. The Hall–Kier alpha value is -1.68. The number of furan rings is 1. The van der Waals surface area contributed by atoms with Gasteiger partial charge >= 0.3 is 0 Å². The minimum Gasteiger partial charge on any atom is -0.472 e. The quantitative estimate of drug-likeness (QED) is 0.859. The van der Waals surface area contributed by atoms with Gasteiger partial charge in [0.1, 0.15) is 11.6 Å². The van der Waals surface area contributed by atoms with Crippen molar-refractivity contribution in [2.75, 3.05) is 6.54 Å². The van der Waals surface area contributed by atoms with E-state index in [-0.39, 0.29) is 5.56 Å². The zero-order chi connectivity index (χ0) is 14.5. The molecule has 108 valence electrons. The summed E-state index contributed by atoms with van der Waals surface area (Å²) in [5.41, 5.74) is 1.48. The molecule has 4 heteroatoms. The van der Waals surface area contributed by atoms with E-state index in [2.05, 4.69) is 5.32 Å². The van der Waals surface area contributed by atoms with E-state index in [9.17, 15) is 8.78 Å². The van der Waals surface area contributed by atoms with E-state index < -0.39 is 17.7 Å². The van der Waals surface area contributed by atoms with Crippen LogP contribution in [-0.4, -0.2) is 6.54 Å². The maximum atomic E-state index is 14.3. The van der Waals surface area contributed by atoms with Gasteiger partial charge in [-0.1, -0.05) is 13.0 Å². The van der Waals surface area contributed by atoms with Crippen LogP contribution in [0, 0.1) is 18.6 Å². The maximum absolute atomic E-state index is 14.3. The van der Waals surface area contributed by atoms with Crippen LogP contribution in [0.2, 0.25) is 0 Å². The Labute approximate surface area is 117 Å². The van der Waals surface area contributed by atoms with Gasteiger partial charge in [0.2, 0.25) is 0 Å². The second kappa shape index (κ2) is 6.66. The number of rotatable bonds is 6. The average Bonchev–Trinajstić information content (AvgIpc) is 2.93. The van der Waals surface area contributed by atoms with Gasteiger partial charge in [0.05, 0.1) is 12.5 Å². The van der Waals surface area contributed by atoms with Gasteiger partial charge in [-0.3, -0.25) is 0 Å². The van der Waals surface area contributed by atoms with Crippen LogP contribution in [0.4, 0.5) is 8.78 Å². The molecule has 1 unspecified atom stereocenters. The molecule has 20 heavy (non-hydrogen) atoms. The summed E-state index contributed by atoms with van der Waals surface area (Å²) in [6.45, 7) is 4.37. The van der Waals surface area contributed by atoms with Gasteiger partial charge in [-0.15, -0.1) is 0 Å². The number of halogens is 2. The highest BCUT2D eigenvalue weighted by molar-refractivity contribution is 5.30. The summed E-state index contributed by atoms with van der Waals surface area (Å²) in [6.07, 6.45) is 4.56. The molecule has 1 aromatic carbocycles. The van der Waals surface area contributed by atoms with Gasteiger partial charge in [-0.05, 0) is 49.6 Å². The third-order valence-electron chi connectivity index (χ3n) is 3.33. The summed E-state index contributed by atoms with van der Waals surface area (Å²) >= 11 is 0. The number of hydrogen-bond donors (Lipinski definition) is 1. The van der Waals surface area contributed by atoms with Crippen LogP contribution in [0.1, 0.15) is 36.1 Å². The SMILES string of the molecule is CCCNC(Cc1ccoc1)c1c(F)ccc(C)c1F. The molecule has 2 aromatic rings. The van der Waals surface area contributed by atoms with Crippen molar-refractivity contribution in [1.29, 1.82) is 0 Å². The van der Waals surface area contributed by atoms with E-state index in [1.54, 1.807) is 19.5 Å². The standard InChI is InChI=1S/C16H19F2NO/c1-3-7-19-14(9-12-6-8-20-10-12)15-13(17)5-4-11(2)16(15)18/h4-6,8,10,14,19H,3,7,9H2,1-2H3.